The molecule has 0 unspecified atom stereocenters. The van der Waals surface area contributed by atoms with Crippen molar-refractivity contribution in [2.75, 3.05) is 6.61 Å². The second-order valence-corrected chi connectivity index (χ2v) is 6.68. The summed E-state index contributed by atoms with van der Waals surface area (Å²) in [4.78, 5) is 0. The Bertz CT molecular complexity index is 775. The second kappa shape index (κ2) is 6.57. The third kappa shape index (κ3) is 3.63. The van der Waals surface area contributed by atoms with Crippen molar-refractivity contribution in [1.29, 1.82) is 0 Å². The van der Waals surface area contributed by atoms with Crippen molar-refractivity contribution < 1.29 is 5.11 Å². The first-order valence-corrected chi connectivity index (χ1v) is 8.06. The first-order chi connectivity index (χ1) is 11.1. The molecule has 3 rings (SSSR count). The Labute approximate surface area is 137 Å². The lowest BCUT2D eigenvalue weighted by Crippen LogP contribution is -2.42. The van der Waals surface area contributed by atoms with E-state index in [1.807, 2.05) is 19.9 Å². The molecule has 0 fully saturated rings. The van der Waals surface area contributed by atoms with E-state index < -0.39 is 0 Å². The minimum Gasteiger partial charge on any atom is -0.394 e. The van der Waals surface area contributed by atoms with Gasteiger partial charge in [-0.25, -0.2) is 0 Å². The first-order valence-electron chi connectivity index (χ1n) is 8.06. The highest BCUT2D eigenvalue weighted by atomic mass is 16.3. The average molecular weight is 308 g/mol. The predicted molar refractivity (Wildman–Crippen MR) is 95.5 cm³/mol. The highest BCUT2D eigenvalue weighted by molar-refractivity contribution is 5.84. The summed E-state index contributed by atoms with van der Waals surface area (Å²) in [5.74, 6) is 0. The average Bonchev–Trinajstić information content (AvgIpc) is 2.92. The van der Waals surface area contributed by atoms with Gasteiger partial charge >= 0.3 is 0 Å². The Hall–Kier alpha value is -2.10. The lowest BCUT2D eigenvalue weighted by Gasteiger charge is -2.23. The summed E-state index contributed by atoms with van der Waals surface area (Å²) in [7, 11) is 0. The highest BCUT2D eigenvalue weighted by Crippen LogP contribution is 2.23. The zero-order valence-electron chi connectivity index (χ0n) is 13.8. The number of aliphatic hydroxyl groups is 1. The number of benzene rings is 2. The molecule has 3 heteroatoms. The van der Waals surface area contributed by atoms with E-state index in [0.29, 0.717) is 0 Å². The Kier molecular flexibility index (Phi) is 4.51. The molecular weight excluding hydrogens is 284 g/mol. The number of hydrogen-bond donors (Lipinski definition) is 2. The number of nitrogens with one attached hydrogen (secondary N) is 1. The van der Waals surface area contributed by atoms with E-state index in [2.05, 4.69) is 64.6 Å². The molecule has 0 atom stereocenters. The van der Waals surface area contributed by atoms with Crippen molar-refractivity contribution >= 4 is 10.9 Å². The molecule has 0 spiro atoms. The molecule has 0 aliphatic rings. The fraction of sp³-hybridized carbons (Fsp3) is 0.300. The van der Waals surface area contributed by atoms with E-state index >= 15 is 0 Å². The molecule has 1 heterocycles. The van der Waals surface area contributed by atoms with Gasteiger partial charge in [0.1, 0.15) is 0 Å². The van der Waals surface area contributed by atoms with Crippen LogP contribution in [0, 0.1) is 0 Å². The summed E-state index contributed by atoms with van der Waals surface area (Å²) in [6.07, 6.45) is 2.22. The van der Waals surface area contributed by atoms with Crippen LogP contribution in [0.25, 0.3) is 10.9 Å². The van der Waals surface area contributed by atoms with Crippen molar-refractivity contribution in [3.63, 3.8) is 0 Å². The number of fused-ring (bicyclic) bond motifs is 1. The van der Waals surface area contributed by atoms with Crippen molar-refractivity contribution in [2.45, 2.75) is 32.5 Å². The van der Waals surface area contributed by atoms with Crippen LogP contribution in [-0.4, -0.2) is 21.8 Å². The number of para-hydroxylation sites is 1. The molecule has 0 aliphatic heterocycles. The summed E-state index contributed by atoms with van der Waals surface area (Å²) in [5, 5.41) is 14.1. The maximum Gasteiger partial charge on any atom is 0.0607 e. The van der Waals surface area contributed by atoms with Gasteiger partial charge in [-0.15, -0.1) is 0 Å². The standard InChI is InChI=1S/C20H24N2O/c1-20(2,15-23)21-12-17-14-22(13-16-8-4-3-5-9-16)19-11-7-6-10-18(17)19/h3-11,14,21,23H,12-13,15H2,1-2H3. The quantitative estimate of drug-likeness (QED) is 0.731. The molecule has 0 amide bonds. The summed E-state index contributed by atoms with van der Waals surface area (Å²) >= 11 is 0. The summed E-state index contributed by atoms with van der Waals surface area (Å²) in [6.45, 7) is 5.75. The zero-order valence-corrected chi connectivity index (χ0v) is 13.8. The first kappa shape index (κ1) is 15.8. The van der Waals surface area contributed by atoms with Crippen LogP contribution in [0.2, 0.25) is 0 Å². The van der Waals surface area contributed by atoms with Crippen LogP contribution < -0.4 is 5.32 Å². The van der Waals surface area contributed by atoms with Crippen LogP contribution in [0.15, 0.2) is 60.8 Å². The topological polar surface area (TPSA) is 37.2 Å². The van der Waals surface area contributed by atoms with Crippen molar-refractivity contribution in [2.24, 2.45) is 0 Å². The molecule has 1 aromatic heterocycles. The number of nitrogens with zero attached hydrogens (tertiary/aromatic N) is 1. The van der Waals surface area contributed by atoms with Gasteiger partial charge in [0.2, 0.25) is 0 Å². The molecule has 0 bridgehead atoms. The van der Waals surface area contributed by atoms with Gasteiger partial charge in [0, 0.05) is 35.7 Å². The van der Waals surface area contributed by atoms with E-state index in [1.165, 1.54) is 22.0 Å². The molecule has 0 aliphatic carbocycles. The highest BCUT2D eigenvalue weighted by Gasteiger charge is 2.16. The summed E-state index contributed by atoms with van der Waals surface area (Å²) < 4.78 is 2.30. The molecule has 2 aromatic carbocycles. The van der Waals surface area contributed by atoms with Crippen LogP contribution in [0.1, 0.15) is 25.0 Å². The fourth-order valence-corrected chi connectivity index (χ4v) is 2.77. The number of aromatic nitrogens is 1. The zero-order chi connectivity index (χ0) is 16.3. The van der Waals surface area contributed by atoms with Gasteiger partial charge in [-0.2, -0.15) is 0 Å². The molecule has 0 saturated carbocycles. The molecule has 3 aromatic rings. The smallest absolute Gasteiger partial charge is 0.0607 e. The Morgan fingerprint density at radius 1 is 1.00 bits per heavy atom. The van der Waals surface area contributed by atoms with Gasteiger partial charge in [0.05, 0.1) is 6.61 Å². The van der Waals surface area contributed by atoms with Crippen LogP contribution in [0.4, 0.5) is 0 Å². The molecule has 0 saturated heterocycles. The lowest BCUT2D eigenvalue weighted by atomic mass is 10.1. The van der Waals surface area contributed by atoms with Crippen molar-refractivity contribution in [3.05, 3.63) is 71.9 Å². The third-order valence-electron chi connectivity index (χ3n) is 4.22. The van der Waals surface area contributed by atoms with Crippen molar-refractivity contribution in [1.82, 2.24) is 9.88 Å². The van der Waals surface area contributed by atoms with Gasteiger partial charge in [-0.1, -0.05) is 48.5 Å². The van der Waals surface area contributed by atoms with E-state index in [-0.39, 0.29) is 12.1 Å². The SMILES string of the molecule is CC(C)(CO)NCc1cn(Cc2ccccc2)c2ccccc12. The fourth-order valence-electron chi connectivity index (χ4n) is 2.77. The van der Waals surface area contributed by atoms with E-state index in [9.17, 15) is 5.11 Å². The lowest BCUT2D eigenvalue weighted by molar-refractivity contribution is 0.187. The van der Waals surface area contributed by atoms with Gasteiger partial charge in [0.25, 0.3) is 0 Å². The number of aliphatic hydroxyl groups excluding tert-OH is 1. The Morgan fingerprint density at radius 3 is 2.43 bits per heavy atom. The van der Waals surface area contributed by atoms with Gasteiger partial charge < -0.3 is 15.0 Å². The van der Waals surface area contributed by atoms with Gasteiger partial charge in [-0.05, 0) is 31.0 Å². The van der Waals surface area contributed by atoms with Gasteiger partial charge in [-0.3, -0.25) is 0 Å². The molecule has 2 N–H and O–H groups in total. The van der Waals surface area contributed by atoms with Crippen LogP contribution in [0.3, 0.4) is 0 Å². The molecule has 0 radical (unpaired) electrons. The largest absolute Gasteiger partial charge is 0.394 e. The molecule has 120 valence electrons. The van der Waals surface area contributed by atoms with Crippen LogP contribution in [0.5, 0.6) is 0 Å². The maximum atomic E-state index is 9.42. The Morgan fingerprint density at radius 2 is 1.70 bits per heavy atom. The van der Waals surface area contributed by atoms with Crippen LogP contribution >= 0.6 is 0 Å². The predicted octanol–water partition coefficient (Wildman–Crippen LogP) is 3.55. The third-order valence-corrected chi connectivity index (χ3v) is 4.22. The molecule has 23 heavy (non-hydrogen) atoms. The van der Waals surface area contributed by atoms with E-state index in [0.717, 1.165) is 13.1 Å². The number of rotatable bonds is 6. The van der Waals surface area contributed by atoms with Crippen molar-refractivity contribution in [3.8, 4) is 0 Å². The van der Waals surface area contributed by atoms with Gasteiger partial charge in [0.15, 0.2) is 0 Å². The minimum absolute atomic E-state index is 0.121. The summed E-state index contributed by atoms with van der Waals surface area (Å²) in [5.41, 5.74) is 3.53. The van der Waals surface area contributed by atoms with Crippen LogP contribution in [-0.2, 0) is 13.1 Å². The number of hydrogen-bond acceptors (Lipinski definition) is 2. The van der Waals surface area contributed by atoms with E-state index in [4.69, 9.17) is 0 Å². The maximum absolute atomic E-state index is 9.42. The van der Waals surface area contributed by atoms with E-state index in [1.54, 1.807) is 0 Å². The molecule has 3 nitrogen and oxygen atoms in total. The Balaban J connectivity index is 1.90. The molecular formula is C20H24N2O. The monoisotopic (exact) mass is 308 g/mol. The normalized spacial score (nSPS) is 12.0. The second-order valence-electron chi connectivity index (χ2n) is 6.68. The summed E-state index contributed by atoms with van der Waals surface area (Å²) in [6, 6.07) is 19.0. The minimum atomic E-state index is -0.275.